The largest absolute Gasteiger partial charge is 0.372 e. The molecular formula is C14H22ClN3O2. The lowest BCUT2D eigenvalue weighted by molar-refractivity contribution is -0.0277. The molecule has 112 valence electrons. The van der Waals surface area contributed by atoms with Crippen molar-refractivity contribution in [2.75, 3.05) is 30.5 Å². The predicted octanol–water partition coefficient (Wildman–Crippen LogP) is 1.88. The smallest absolute Gasteiger partial charge is 0.268 e. The highest BCUT2D eigenvalue weighted by Gasteiger charge is 2.27. The molecule has 2 rings (SSSR count). The summed E-state index contributed by atoms with van der Waals surface area (Å²) < 4.78 is 7.18. The number of anilines is 1. The molecule has 0 atom stereocenters. The molecule has 0 bridgehead atoms. The molecule has 0 saturated carbocycles. The number of aromatic nitrogens is 2. The first-order chi connectivity index (χ1) is 9.52. The number of aryl methyl sites for hydroxylation is 1. The Hall–Kier alpha value is -1.07. The SMILES string of the molecule is CC1(C)CN(c2cnn(CCCCCl)c(=O)c2)CCO1. The van der Waals surface area contributed by atoms with E-state index in [2.05, 4.69) is 23.8 Å². The summed E-state index contributed by atoms with van der Waals surface area (Å²) in [5.74, 6) is 0.621. The fourth-order valence-electron chi connectivity index (χ4n) is 2.36. The first kappa shape index (κ1) is 15.3. The van der Waals surface area contributed by atoms with Crippen LogP contribution in [0.1, 0.15) is 26.7 Å². The van der Waals surface area contributed by atoms with Crippen LogP contribution in [0.5, 0.6) is 0 Å². The summed E-state index contributed by atoms with van der Waals surface area (Å²) in [6.07, 6.45) is 3.54. The molecule has 6 heteroatoms. The second-order valence-electron chi connectivity index (χ2n) is 5.70. The fourth-order valence-corrected chi connectivity index (χ4v) is 2.55. The zero-order chi connectivity index (χ0) is 14.6. The first-order valence-corrected chi connectivity index (χ1v) is 7.57. The number of unbranched alkanes of at least 4 members (excludes halogenated alkanes) is 1. The number of morpholine rings is 1. The molecule has 1 aromatic rings. The molecule has 0 unspecified atom stereocenters. The van der Waals surface area contributed by atoms with E-state index in [1.165, 1.54) is 4.68 Å². The number of halogens is 1. The maximum Gasteiger partial charge on any atom is 0.268 e. The molecule has 0 amide bonds. The van der Waals surface area contributed by atoms with Crippen LogP contribution in [0.4, 0.5) is 5.69 Å². The number of alkyl halides is 1. The molecule has 0 N–H and O–H groups in total. The van der Waals surface area contributed by atoms with Gasteiger partial charge in [0.05, 0.1) is 24.1 Å². The minimum atomic E-state index is -0.187. The topological polar surface area (TPSA) is 47.4 Å². The van der Waals surface area contributed by atoms with Crippen molar-refractivity contribution >= 4 is 17.3 Å². The highest BCUT2D eigenvalue weighted by Crippen LogP contribution is 2.21. The highest BCUT2D eigenvalue weighted by molar-refractivity contribution is 6.17. The van der Waals surface area contributed by atoms with Gasteiger partial charge in [0.25, 0.3) is 5.56 Å². The van der Waals surface area contributed by atoms with Gasteiger partial charge in [0.1, 0.15) is 0 Å². The number of hydrogen-bond acceptors (Lipinski definition) is 4. The van der Waals surface area contributed by atoms with Crippen LogP contribution in [0.3, 0.4) is 0 Å². The lowest BCUT2D eigenvalue weighted by Gasteiger charge is -2.39. The van der Waals surface area contributed by atoms with Crippen molar-refractivity contribution in [2.24, 2.45) is 0 Å². The molecule has 0 radical (unpaired) electrons. The summed E-state index contributed by atoms with van der Waals surface area (Å²) >= 11 is 5.63. The van der Waals surface area contributed by atoms with Gasteiger partial charge in [0.15, 0.2) is 0 Å². The van der Waals surface area contributed by atoms with E-state index in [9.17, 15) is 4.79 Å². The third kappa shape index (κ3) is 3.96. The van der Waals surface area contributed by atoms with Crippen LogP contribution < -0.4 is 10.5 Å². The minimum Gasteiger partial charge on any atom is -0.372 e. The third-order valence-electron chi connectivity index (χ3n) is 3.40. The molecule has 0 aromatic carbocycles. The van der Waals surface area contributed by atoms with E-state index < -0.39 is 0 Å². The summed E-state index contributed by atoms with van der Waals surface area (Å²) in [6.45, 7) is 6.97. The molecule has 1 fully saturated rings. The number of ether oxygens (including phenoxy) is 1. The van der Waals surface area contributed by atoms with Gasteiger partial charge >= 0.3 is 0 Å². The zero-order valence-corrected chi connectivity index (χ0v) is 12.9. The second-order valence-corrected chi connectivity index (χ2v) is 6.08. The zero-order valence-electron chi connectivity index (χ0n) is 12.1. The van der Waals surface area contributed by atoms with E-state index in [1.807, 2.05) is 0 Å². The number of nitrogens with zero attached hydrogens (tertiary/aromatic N) is 3. The highest BCUT2D eigenvalue weighted by atomic mass is 35.5. The molecule has 2 heterocycles. The Morgan fingerprint density at radius 2 is 2.25 bits per heavy atom. The van der Waals surface area contributed by atoms with Gasteiger partial charge in [-0.3, -0.25) is 4.79 Å². The monoisotopic (exact) mass is 299 g/mol. The van der Waals surface area contributed by atoms with Gasteiger partial charge in [-0.15, -0.1) is 11.6 Å². The van der Waals surface area contributed by atoms with Crippen molar-refractivity contribution in [3.05, 3.63) is 22.6 Å². The van der Waals surface area contributed by atoms with Gasteiger partial charge in [-0.05, 0) is 26.7 Å². The minimum absolute atomic E-state index is 0.0543. The molecular weight excluding hydrogens is 278 g/mol. The lowest BCUT2D eigenvalue weighted by atomic mass is 10.1. The Bertz CT molecular complexity index is 501. The normalized spacial score (nSPS) is 18.2. The third-order valence-corrected chi connectivity index (χ3v) is 3.67. The standard InChI is InChI=1S/C14H22ClN3O2/c1-14(2)11-17(7-8-20-14)12-9-13(19)18(16-10-12)6-4-3-5-15/h9-10H,3-8,11H2,1-2H3. The van der Waals surface area contributed by atoms with Crippen molar-refractivity contribution < 1.29 is 4.74 Å². The summed E-state index contributed by atoms with van der Waals surface area (Å²) in [6, 6.07) is 1.66. The van der Waals surface area contributed by atoms with Gasteiger partial charge in [-0.1, -0.05) is 0 Å². The Labute approximate surface area is 124 Å². The van der Waals surface area contributed by atoms with E-state index in [-0.39, 0.29) is 11.2 Å². The summed E-state index contributed by atoms with van der Waals surface area (Å²) in [4.78, 5) is 14.2. The van der Waals surface area contributed by atoms with Crippen LogP contribution in [0.2, 0.25) is 0 Å². The van der Waals surface area contributed by atoms with Gasteiger partial charge in [-0.25, -0.2) is 4.68 Å². The molecule has 0 spiro atoms. The molecule has 1 aliphatic rings. The average molecular weight is 300 g/mol. The first-order valence-electron chi connectivity index (χ1n) is 7.04. The fraction of sp³-hybridized carbons (Fsp3) is 0.714. The Morgan fingerprint density at radius 3 is 2.90 bits per heavy atom. The molecule has 1 saturated heterocycles. The summed E-state index contributed by atoms with van der Waals surface area (Å²) in [5, 5.41) is 4.25. The van der Waals surface area contributed by atoms with Crippen molar-refractivity contribution in [3.8, 4) is 0 Å². The molecule has 1 aromatic heterocycles. The molecule has 5 nitrogen and oxygen atoms in total. The van der Waals surface area contributed by atoms with Crippen molar-refractivity contribution in [3.63, 3.8) is 0 Å². The van der Waals surface area contributed by atoms with E-state index in [0.717, 1.165) is 31.6 Å². The molecule has 0 aliphatic carbocycles. The second kappa shape index (κ2) is 6.59. The molecule has 1 aliphatic heterocycles. The van der Waals surface area contributed by atoms with Gasteiger partial charge < -0.3 is 9.64 Å². The van der Waals surface area contributed by atoms with E-state index in [1.54, 1.807) is 12.3 Å². The average Bonchev–Trinajstić information content (AvgIpc) is 2.39. The van der Waals surface area contributed by atoms with Gasteiger partial charge in [0.2, 0.25) is 0 Å². The maximum atomic E-state index is 12.0. The quantitative estimate of drug-likeness (QED) is 0.615. The van der Waals surface area contributed by atoms with Crippen LogP contribution in [0.25, 0.3) is 0 Å². The maximum absolute atomic E-state index is 12.0. The van der Waals surface area contributed by atoms with Crippen molar-refractivity contribution in [1.82, 2.24) is 9.78 Å². The Morgan fingerprint density at radius 1 is 1.45 bits per heavy atom. The van der Waals surface area contributed by atoms with Crippen LogP contribution in [0, 0.1) is 0 Å². The Balaban J connectivity index is 2.06. The number of rotatable bonds is 5. The van der Waals surface area contributed by atoms with Crippen LogP contribution in [0.15, 0.2) is 17.1 Å². The predicted molar refractivity (Wildman–Crippen MR) is 80.7 cm³/mol. The summed E-state index contributed by atoms with van der Waals surface area (Å²) in [7, 11) is 0. The van der Waals surface area contributed by atoms with Crippen molar-refractivity contribution in [1.29, 1.82) is 0 Å². The van der Waals surface area contributed by atoms with E-state index in [4.69, 9.17) is 16.3 Å². The lowest BCUT2D eigenvalue weighted by Crippen LogP contribution is -2.48. The van der Waals surface area contributed by atoms with Crippen LogP contribution >= 0.6 is 11.6 Å². The van der Waals surface area contributed by atoms with Crippen molar-refractivity contribution in [2.45, 2.75) is 38.8 Å². The van der Waals surface area contributed by atoms with Gasteiger partial charge in [-0.2, -0.15) is 5.10 Å². The van der Waals surface area contributed by atoms with Crippen LogP contribution in [-0.2, 0) is 11.3 Å². The van der Waals surface area contributed by atoms with Crippen LogP contribution in [-0.4, -0.2) is 41.0 Å². The van der Waals surface area contributed by atoms with E-state index >= 15 is 0 Å². The number of hydrogen-bond donors (Lipinski definition) is 0. The van der Waals surface area contributed by atoms with E-state index in [0.29, 0.717) is 19.0 Å². The molecule has 20 heavy (non-hydrogen) atoms. The van der Waals surface area contributed by atoms with Gasteiger partial charge in [0, 0.05) is 31.6 Å². The Kier molecular flexibility index (Phi) is 5.05. The summed E-state index contributed by atoms with van der Waals surface area (Å²) in [5.41, 5.74) is 0.634.